The van der Waals surface area contributed by atoms with Crippen LogP contribution in [0.5, 0.6) is 5.75 Å². The van der Waals surface area contributed by atoms with Crippen molar-refractivity contribution in [3.63, 3.8) is 0 Å². The van der Waals surface area contributed by atoms with E-state index < -0.39 is 6.10 Å². The van der Waals surface area contributed by atoms with Gasteiger partial charge in [0.25, 0.3) is 0 Å². The molecule has 1 unspecified atom stereocenters. The Kier molecular flexibility index (Phi) is 3.80. The third kappa shape index (κ3) is 2.74. The van der Waals surface area contributed by atoms with E-state index in [0.717, 1.165) is 13.1 Å². The molecule has 1 saturated heterocycles. The number of likely N-dealkylation sites (tertiary alicyclic amines) is 1. The summed E-state index contributed by atoms with van der Waals surface area (Å²) in [5.74, 6) is 0.187. The van der Waals surface area contributed by atoms with Crippen LogP contribution in [0.15, 0.2) is 24.3 Å². The first-order valence-corrected chi connectivity index (χ1v) is 5.95. The second-order valence-electron chi connectivity index (χ2n) is 4.44. The van der Waals surface area contributed by atoms with Gasteiger partial charge in [-0.3, -0.25) is 0 Å². The summed E-state index contributed by atoms with van der Waals surface area (Å²) in [5.41, 5.74) is 0.632. The quantitative estimate of drug-likeness (QED) is 0.819. The molecule has 0 saturated carbocycles. The van der Waals surface area contributed by atoms with Crippen LogP contribution in [-0.2, 0) is 0 Å². The van der Waals surface area contributed by atoms with Crippen molar-refractivity contribution < 1.29 is 10.2 Å². The minimum Gasteiger partial charge on any atom is -0.508 e. The van der Waals surface area contributed by atoms with Gasteiger partial charge >= 0.3 is 0 Å². The zero-order valence-electron chi connectivity index (χ0n) is 9.47. The van der Waals surface area contributed by atoms with Crippen molar-refractivity contribution in [2.45, 2.75) is 25.4 Å². The van der Waals surface area contributed by atoms with Crippen LogP contribution < -0.4 is 0 Å². The molecule has 1 fully saturated rings. The van der Waals surface area contributed by atoms with Gasteiger partial charge in [-0.1, -0.05) is 24.6 Å². The average molecular weight is 221 g/mol. The molecule has 2 N–H and O–H groups in total. The van der Waals surface area contributed by atoms with Crippen molar-refractivity contribution in [2.75, 3.05) is 19.6 Å². The number of rotatable bonds is 3. The number of phenolic OH excluding ortho intramolecular Hbond substituents is 1. The van der Waals surface area contributed by atoms with E-state index in [1.54, 1.807) is 18.2 Å². The summed E-state index contributed by atoms with van der Waals surface area (Å²) in [4.78, 5) is 2.26. The molecule has 1 atom stereocenters. The summed E-state index contributed by atoms with van der Waals surface area (Å²) in [6.45, 7) is 2.74. The van der Waals surface area contributed by atoms with E-state index in [1.165, 1.54) is 19.3 Å². The number of hydrogen-bond donors (Lipinski definition) is 2. The van der Waals surface area contributed by atoms with Crippen molar-refractivity contribution in [3.8, 4) is 5.75 Å². The highest BCUT2D eigenvalue weighted by Gasteiger charge is 2.17. The topological polar surface area (TPSA) is 43.7 Å². The lowest BCUT2D eigenvalue weighted by atomic mass is 10.1. The third-order valence-electron chi connectivity index (χ3n) is 3.18. The molecule has 2 rings (SSSR count). The Morgan fingerprint density at radius 3 is 2.50 bits per heavy atom. The fourth-order valence-electron chi connectivity index (χ4n) is 2.25. The first kappa shape index (κ1) is 11.4. The van der Waals surface area contributed by atoms with Gasteiger partial charge in [0.15, 0.2) is 0 Å². The van der Waals surface area contributed by atoms with Gasteiger partial charge in [-0.25, -0.2) is 0 Å². The molecule has 3 heteroatoms. The molecule has 1 aromatic rings. The van der Waals surface area contributed by atoms with Crippen LogP contribution in [0.3, 0.4) is 0 Å². The van der Waals surface area contributed by atoms with Gasteiger partial charge in [0.1, 0.15) is 5.75 Å². The van der Waals surface area contributed by atoms with Crippen molar-refractivity contribution in [1.82, 2.24) is 4.90 Å². The highest BCUT2D eigenvalue weighted by Crippen LogP contribution is 2.24. The van der Waals surface area contributed by atoms with Crippen LogP contribution in [0.4, 0.5) is 0 Å². The zero-order chi connectivity index (χ0) is 11.4. The number of aliphatic hydroxyl groups is 1. The molecule has 1 aliphatic heterocycles. The van der Waals surface area contributed by atoms with Crippen LogP contribution in [0.1, 0.15) is 30.9 Å². The number of nitrogens with zero attached hydrogens (tertiary/aromatic N) is 1. The summed E-state index contributed by atoms with van der Waals surface area (Å²) in [5, 5.41) is 19.7. The Hall–Kier alpha value is -1.06. The van der Waals surface area contributed by atoms with Crippen molar-refractivity contribution in [2.24, 2.45) is 0 Å². The molecule has 0 spiro atoms. The van der Waals surface area contributed by atoms with Gasteiger partial charge in [-0.2, -0.15) is 0 Å². The summed E-state index contributed by atoms with van der Waals surface area (Å²) in [6.07, 6.45) is 3.14. The zero-order valence-corrected chi connectivity index (χ0v) is 9.47. The summed E-state index contributed by atoms with van der Waals surface area (Å²) in [6, 6.07) is 7.01. The Morgan fingerprint density at radius 2 is 1.81 bits per heavy atom. The summed E-state index contributed by atoms with van der Waals surface area (Å²) in [7, 11) is 0. The number of para-hydroxylation sites is 1. The molecule has 0 bridgehead atoms. The second kappa shape index (κ2) is 5.32. The maximum absolute atomic E-state index is 10.1. The Labute approximate surface area is 96.3 Å². The Bertz CT molecular complexity index is 334. The predicted octanol–water partition coefficient (Wildman–Crippen LogP) is 1.91. The minimum atomic E-state index is -0.584. The number of piperidine rings is 1. The number of benzene rings is 1. The van der Waals surface area contributed by atoms with Crippen LogP contribution >= 0.6 is 0 Å². The van der Waals surface area contributed by atoms with Gasteiger partial charge in [-0.15, -0.1) is 0 Å². The predicted molar refractivity (Wildman–Crippen MR) is 63.4 cm³/mol. The molecule has 1 aliphatic rings. The highest BCUT2D eigenvalue weighted by molar-refractivity contribution is 5.33. The molecular formula is C13H19NO2. The van der Waals surface area contributed by atoms with Gasteiger partial charge in [0, 0.05) is 12.1 Å². The number of aliphatic hydroxyl groups excluding tert-OH is 1. The molecule has 0 aromatic heterocycles. The van der Waals surface area contributed by atoms with E-state index in [0.29, 0.717) is 12.1 Å². The van der Waals surface area contributed by atoms with Crippen LogP contribution in [-0.4, -0.2) is 34.7 Å². The third-order valence-corrected chi connectivity index (χ3v) is 3.18. The molecule has 3 nitrogen and oxygen atoms in total. The van der Waals surface area contributed by atoms with Gasteiger partial charge in [0.2, 0.25) is 0 Å². The maximum atomic E-state index is 10.1. The van der Waals surface area contributed by atoms with E-state index in [4.69, 9.17) is 0 Å². The highest BCUT2D eigenvalue weighted by atomic mass is 16.3. The molecule has 0 radical (unpaired) electrons. The molecule has 16 heavy (non-hydrogen) atoms. The number of β-amino-alcohol motifs (C(OH)–C–C–N with tert-alkyl or cyclic N) is 1. The number of phenols is 1. The van der Waals surface area contributed by atoms with Crippen molar-refractivity contribution >= 4 is 0 Å². The van der Waals surface area contributed by atoms with Gasteiger partial charge in [-0.05, 0) is 32.0 Å². The molecule has 0 amide bonds. The van der Waals surface area contributed by atoms with Crippen LogP contribution in [0.25, 0.3) is 0 Å². The maximum Gasteiger partial charge on any atom is 0.121 e. The van der Waals surface area contributed by atoms with Crippen molar-refractivity contribution in [3.05, 3.63) is 29.8 Å². The molecular weight excluding hydrogens is 202 g/mol. The van der Waals surface area contributed by atoms with E-state index in [2.05, 4.69) is 4.90 Å². The second-order valence-corrected chi connectivity index (χ2v) is 4.44. The SMILES string of the molecule is Oc1ccccc1C(O)CN1CCCCC1. The first-order valence-electron chi connectivity index (χ1n) is 5.95. The fraction of sp³-hybridized carbons (Fsp3) is 0.538. The number of aromatic hydroxyl groups is 1. The normalized spacial score (nSPS) is 19.6. The van der Waals surface area contributed by atoms with Crippen LogP contribution in [0.2, 0.25) is 0 Å². The summed E-state index contributed by atoms with van der Waals surface area (Å²) >= 11 is 0. The van der Waals surface area contributed by atoms with E-state index in [1.807, 2.05) is 6.07 Å². The number of hydrogen-bond acceptors (Lipinski definition) is 3. The Morgan fingerprint density at radius 1 is 1.12 bits per heavy atom. The summed E-state index contributed by atoms with van der Waals surface area (Å²) < 4.78 is 0. The van der Waals surface area contributed by atoms with E-state index in [9.17, 15) is 10.2 Å². The van der Waals surface area contributed by atoms with E-state index >= 15 is 0 Å². The smallest absolute Gasteiger partial charge is 0.121 e. The van der Waals surface area contributed by atoms with Crippen molar-refractivity contribution in [1.29, 1.82) is 0 Å². The monoisotopic (exact) mass is 221 g/mol. The molecule has 1 heterocycles. The standard InChI is InChI=1S/C13H19NO2/c15-12-7-3-2-6-11(12)13(16)10-14-8-4-1-5-9-14/h2-3,6-7,13,15-16H,1,4-5,8-10H2. The first-order chi connectivity index (χ1) is 7.77. The van der Waals surface area contributed by atoms with Gasteiger partial charge in [0.05, 0.1) is 6.10 Å². The minimum absolute atomic E-state index is 0.187. The van der Waals surface area contributed by atoms with Gasteiger partial charge < -0.3 is 15.1 Å². The lowest BCUT2D eigenvalue weighted by molar-refractivity contribution is 0.0995. The lowest BCUT2D eigenvalue weighted by Gasteiger charge is -2.28. The largest absolute Gasteiger partial charge is 0.508 e. The van der Waals surface area contributed by atoms with Crippen LogP contribution in [0, 0.1) is 0 Å². The Balaban J connectivity index is 1.96. The fourth-order valence-corrected chi connectivity index (χ4v) is 2.25. The molecule has 1 aromatic carbocycles. The average Bonchev–Trinajstić information content (AvgIpc) is 2.31. The molecule has 0 aliphatic carbocycles. The van der Waals surface area contributed by atoms with E-state index in [-0.39, 0.29) is 5.75 Å². The molecule has 88 valence electrons. The lowest BCUT2D eigenvalue weighted by Crippen LogP contribution is -2.33.